The Morgan fingerprint density at radius 1 is 1.57 bits per heavy atom. The van der Waals surface area contributed by atoms with E-state index in [4.69, 9.17) is 9.84 Å². The molecule has 0 saturated carbocycles. The van der Waals surface area contributed by atoms with Gasteiger partial charge in [-0.2, -0.15) is 0 Å². The first-order valence-electron chi connectivity index (χ1n) is 3.89. The first-order valence-corrected chi connectivity index (χ1v) is 4.68. The van der Waals surface area contributed by atoms with E-state index in [2.05, 4.69) is 15.9 Å². The van der Waals surface area contributed by atoms with Gasteiger partial charge in [0.1, 0.15) is 0 Å². The highest BCUT2D eigenvalue weighted by Crippen LogP contribution is 2.22. The van der Waals surface area contributed by atoms with E-state index < -0.39 is 11.8 Å². The average Bonchev–Trinajstić information content (AvgIpc) is 2.10. The third-order valence-corrected chi connectivity index (χ3v) is 1.96. The summed E-state index contributed by atoms with van der Waals surface area (Å²) in [6, 6.07) is 4.25. The lowest BCUT2D eigenvalue weighted by molar-refractivity contribution is -0.137. The molecule has 0 aliphatic rings. The fraction of sp³-hybridized carbons (Fsp3) is 0.222. The molecule has 0 aliphatic heterocycles. The molecule has 3 nitrogen and oxygen atoms in total. The molecule has 0 saturated heterocycles. The maximum atomic E-state index is 13.0. The van der Waals surface area contributed by atoms with Crippen LogP contribution in [0.1, 0.15) is 6.42 Å². The number of carbonyl (C=O) groups is 1. The normalized spacial score (nSPS) is 9.86. The van der Waals surface area contributed by atoms with Crippen molar-refractivity contribution in [2.45, 2.75) is 6.42 Å². The Morgan fingerprint density at radius 3 is 2.93 bits per heavy atom. The first kappa shape index (κ1) is 11.0. The minimum absolute atomic E-state index is 0.0390. The number of hydrogen-bond acceptors (Lipinski definition) is 2. The molecule has 1 rings (SSSR count). The van der Waals surface area contributed by atoms with Gasteiger partial charge in [0.05, 0.1) is 13.0 Å². The summed E-state index contributed by atoms with van der Waals surface area (Å²) < 4.78 is 18.6. The fourth-order valence-electron chi connectivity index (χ4n) is 0.836. The Bertz CT molecular complexity index is 341. The minimum Gasteiger partial charge on any atom is -0.490 e. The highest BCUT2D eigenvalue weighted by Gasteiger charge is 2.04. The van der Waals surface area contributed by atoms with Crippen molar-refractivity contribution in [2.24, 2.45) is 0 Å². The predicted octanol–water partition coefficient (Wildman–Crippen LogP) is 2.44. The first-order chi connectivity index (χ1) is 6.59. The SMILES string of the molecule is O=C(O)CCOc1cc(Br)ccc1F. The van der Waals surface area contributed by atoms with E-state index in [0.29, 0.717) is 4.47 Å². The van der Waals surface area contributed by atoms with Crippen LogP contribution in [0.2, 0.25) is 0 Å². The summed E-state index contributed by atoms with van der Waals surface area (Å²) in [5, 5.41) is 8.33. The zero-order valence-corrected chi connectivity index (χ0v) is 8.75. The number of ether oxygens (including phenoxy) is 1. The van der Waals surface area contributed by atoms with E-state index in [1.54, 1.807) is 6.07 Å². The molecule has 1 aromatic carbocycles. The molecule has 5 heteroatoms. The van der Waals surface area contributed by atoms with Crippen molar-refractivity contribution in [3.63, 3.8) is 0 Å². The van der Waals surface area contributed by atoms with Gasteiger partial charge < -0.3 is 9.84 Å². The molecule has 0 aromatic heterocycles. The van der Waals surface area contributed by atoms with E-state index in [-0.39, 0.29) is 18.8 Å². The van der Waals surface area contributed by atoms with Gasteiger partial charge in [0.25, 0.3) is 0 Å². The average molecular weight is 263 g/mol. The lowest BCUT2D eigenvalue weighted by Crippen LogP contribution is -2.05. The fourth-order valence-corrected chi connectivity index (χ4v) is 1.18. The van der Waals surface area contributed by atoms with Crippen molar-refractivity contribution in [3.8, 4) is 5.75 Å². The summed E-state index contributed by atoms with van der Waals surface area (Å²) in [5.41, 5.74) is 0. The number of benzene rings is 1. The molecule has 0 aliphatic carbocycles. The van der Waals surface area contributed by atoms with Crippen molar-refractivity contribution in [1.29, 1.82) is 0 Å². The Hall–Kier alpha value is -1.10. The van der Waals surface area contributed by atoms with Gasteiger partial charge >= 0.3 is 5.97 Å². The topological polar surface area (TPSA) is 46.5 Å². The number of hydrogen-bond donors (Lipinski definition) is 1. The van der Waals surface area contributed by atoms with Crippen LogP contribution in [-0.2, 0) is 4.79 Å². The van der Waals surface area contributed by atoms with Crippen LogP contribution in [0.15, 0.2) is 22.7 Å². The van der Waals surface area contributed by atoms with Gasteiger partial charge in [-0.1, -0.05) is 15.9 Å². The molecule has 0 radical (unpaired) electrons. The maximum Gasteiger partial charge on any atom is 0.306 e. The van der Waals surface area contributed by atoms with Gasteiger partial charge in [0.15, 0.2) is 11.6 Å². The van der Waals surface area contributed by atoms with Crippen LogP contribution < -0.4 is 4.74 Å². The third-order valence-electron chi connectivity index (χ3n) is 1.47. The smallest absolute Gasteiger partial charge is 0.306 e. The van der Waals surface area contributed by atoms with Crippen molar-refractivity contribution in [1.82, 2.24) is 0 Å². The lowest BCUT2D eigenvalue weighted by atomic mass is 10.3. The number of carboxylic acids is 1. The number of rotatable bonds is 4. The molecule has 0 atom stereocenters. The Kier molecular flexibility index (Phi) is 3.88. The van der Waals surface area contributed by atoms with Gasteiger partial charge in [-0.3, -0.25) is 4.79 Å². The molecular weight excluding hydrogens is 255 g/mol. The maximum absolute atomic E-state index is 13.0. The van der Waals surface area contributed by atoms with Crippen LogP contribution in [0.3, 0.4) is 0 Å². The van der Waals surface area contributed by atoms with Crippen LogP contribution in [0.4, 0.5) is 4.39 Å². The van der Waals surface area contributed by atoms with E-state index >= 15 is 0 Å². The summed E-state index contributed by atoms with van der Waals surface area (Å²) in [6.45, 7) is -0.0390. The van der Waals surface area contributed by atoms with Crippen LogP contribution in [-0.4, -0.2) is 17.7 Å². The molecule has 14 heavy (non-hydrogen) atoms. The van der Waals surface area contributed by atoms with E-state index in [1.165, 1.54) is 12.1 Å². The Balaban J connectivity index is 2.57. The van der Waals surface area contributed by atoms with Gasteiger partial charge in [0, 0.05) is 4.47 Å². The standard InChI is InChI=1S/C9H8BrFO3/c10-6-1-2-7(11)8(5-6)14-4-3-9(12)13/h1-2,5H,3-4H2,(H,12,13). The van der Waals surface area contributed by atoms with Gasteiger partial charge in [-0.05, 0) is 18.2 Å². The molecular formula is C9H8BrFO3. The Morgan fingerprint density at radius 2 is 2.29 bits per heavy atom. The van der Waals surface area contributed by atoms with Crippen LogP contribution in [0.25, 0.3) is 0 Å². The largest absolute Gasteiger partial charge is 0.490 e. The highest BCUT2D eigenvalue weighted by molar-refractivity contribution is 9.10. The molecule has 0 heterocycles. The van der Waals surface area contributed by atoms with Gasteiger partial charge in [-0.25, -0.2) is 4.39 Å². The van der Waals surface area contributed by atoms with Gasteiger partial charge in [0.2, 0.25) is 0 Å². The molecule has 1 aromatic rings. The van der Waals surface area contributed by atoms with E-state index in [9.17, 15) is 9.18 Å². The summed E-state index contributed by atoms with van der Waals surface area (Å²) in [7, 11) is 0. The summed E-state index contributed by atoms with van der Waals surface area (Å²) >= 11 is 3.15. The monoisotopic (exact) mass is 262 g/mol. The minimum atomic E-state index is -0.972. The molecule has 0 spiro atoms. The zero-order valence-electron chi connectivity index (χ0n) is 7.17. The van der Waals surface area contributed by atoms with E-state index in [1.807, 2.05) is 0 Å². The van der Waals surface area contributed by atoms with Crippen LogP contribution >= 0.6 is 15.9 Å². The molecule has 0 bridgehead atoms. The highest BCUT2D eigenvalue weighted by atomic mass is 79.9. The van der Waals surface area contributed by atoms with Crippen LogP contribution in [0, 0.1) is 5.82 Å². The lowest BCUT2D eigenvalue weighted by Gasteiger charge is -2.05. The second-order valence-corrected chi connectivity index (χ2v) is 3.48. The van der Waals surface area contributed by atoms with Crippen molar-refractivity contribution < 1.29 is 19.0 Å². The molecule has 0 fully saturated rings. The Labute approximate surface area is 88.6 Å². The second-order valence-electron chi connectivity index (χ2n) is 2.57. The van der Waals surface area contributed by atoms with Crippen molar-refractivity contribution >= 4 is 21.9 Å². The quantitative estimate of drug-likeness (QED) is 0.907. The van der Waals surface area contributed by atoms with Crippen LogP contribution in [0.5, 0.6) is 5.75 Å². The third kappa shape index (κ3) is 3.33. The predicted molar refractivity (Wildman–Crippen MR) is 51.8 cm³/mol. The second kappa shape index (κ2) is 4.95. The number of carboxylic acid groups (broad SMARTS) is 1. The summed E-state index contributed by atoms with van der Waals surface area (Å²) in [6.07, 6.45) is -0.147. The number of aliphatic carboxylic acids is 1. The molecule has 76 valence electrons. The molecule has 0 unspecified atom stereocenters. The summed E-state index contributed by atoms with van der Waals surface area (Å²) in [5.74, 6) is -1.42. The summed E-state index contributed by atoms with van der Waals surface area (Å²) in [4.78, 5) is 10.2. The molecule has 1 N–H and O–H groups in total. The zero-order chi connectivity index (χ0) is 10.6. The van der Waals surface area contributed by atoms with Crippen molar-refractivity contribution in [2.75, 3.05) is 6.61 Å². The molecule has 0 amide bonds. The van der Waals surface area contributed by atoms with Crippen molar-refractivity contribution in [3.05, 3.63) is 28.5 Å². The number of halogens is 2. The van der Waals surface area contributed by atoms with Gasteiger partial charge in [-0.15, -0.1) is 0 Å². The van der Waals surface area contributed by atoms with E-state index in [0.717, 1.165) is 0 Å².